The van der Waals surface area contributed by atoms with Crippen LogP contribution in [0.15, 0.2) is 35.9 Å². The standard InChI is InChI=1S/C21H18Cl2N4O/c1-12-7-14(3)27(25-12)21(28)17(11-24)9-16-8-13(2)26(15(16)4)20-10-18(22)5-6-19(20)23/h5-10H,1-4H3/b17-9+. The normalized spacial score (nSPS) is 11.5. The summed E-state index contributed by atoms with van der Waals surface area (Å²) < 4.78 is 3.19. The van der Waals surface area contributed by atoms with Gasteiger partial charge < -0.3 is 4.57 Å². The van der Waals surface area contributed by atoms with Crippen LogP contribution in [-0.4, -0.2) is 20.3 Å². The second-order valence-corrected chi connectivity index (χ2v) is 7.42. The van der Waals surface area contributed by atoms with E-state index in [-0.39, 0.29) is 5.57 Å². The first-order chi connectivity index (χ1) is 13.2. The number of rotatable bonds is 3. The maximum Gasteiger partial charge on any atom is 0.289 e. The lowest BCUT2D eigenvalue weighted by Gasteiger charge is -2.12. The average molecular weight is 413 g/mol. The van der Waals surface area contributed by atoms with Crippen molar-refractivity contribution in [1.29, 1.82) is 5.26 Å². The summed E-state index contributed by atoms with van der Waals surface area (Å²) in [5.41, 5.74) is 4.65. The molecule has 3 aromatic rings. The Hall–Kier alpha value is -2.81. The van der Waals surface area contributed by atoms with Crippen LogP contribution in [0.1, 0.15) is 33.1 Å². The monoisotopic (exact) mass is 412 g/mol. The van der Waals surface area contributed by atoms with Crippen LogP contribution in [0.25, 0.3) is 11.8 Å². The smallest absolute Gasteiger partial charge is 0.289 e. The molecule has 5 nitrogen and oxygen atoms in total. The van der Waals surface area contributed by atoms with E-state index in [1.165, 1.54) is 4.68 Å². The fourth-order valence-corrected chi connectivity index (χ4v) is 3.58. The minimum Gasteiger partial charge on any atom is -0.316 e. The van der Waals surface area contributed by atoms with Gasteiger partial charge in [-0.15, -0.1) is 0 Å². The lowest BCUT2D eigenvalue weighted by Crippen LogP contribution is -2.15. The summed E-state index contributed by atoms with van der Waals surface area (Å²) in [5.74, 6) is -0.460. The van der Waals surface area contributed by atoms with Gasteiger partial charge in [0.05, 0.1) is 16.4 Å². The van der Waals surface area contributed by atoms with Crippen LogP contribution < -0.4 is 0 Å². The third-order valence-electron chi connectivity index (χ3n) is 4.47. The second-order valence-electron chi connectivity index (χ2n) is 6.57. The van der Waals surface area contributed by atoms with Gasteiger partial charge in [0.1, 0.15) is 11.6 Å². The number of halogens is 2. The number of nitrogens with zero attached hydrogens (tertiary/aromatic N) is 4. The van der Waals surface area contributed by atoms with Crippen molar-refractivity contribution in [1.82, 2.24) is 14.3 Å². The van der Waals surface area contributed by atoms with E-state index in [1.54, 1.807) is 44.2 Å². The highest BCUT2D eigenvalue weighted by Crippen LogP contribution is 2.29. The quantitative estimate of drug-likeness (QED) is 0.423. The van der Waals surface area contributed by atoms with Gasteiger partial charge in [0.25, 0.3) is 5.91 Å². The molecule has 28 heavy (non-hydrogen) atoms. The Kier molecular flexibility index (Phi) is 5.46. The van der Waals surface area contributed by atoms with E-state index in [0.29, 0.717) is 15.7 Å². The van der Waals surface area contributed by atoms with Crippen LogP contribution in [0, 0.1) is 39.0 Å². The molecule has 2 heterocycles. The maximum absolute atomic E-state index is 12.8. The van der Waals surface area contributed by atoms with E-state index < -0.39 is 5.91 Å². The predicted molar refractivity (Wildman–Crippen MR) is 111 cm³/mol. The van der Waals surface area contributed by atoms with E-state index in [9.17, 15) is 10.1 Å². The predicted octanol–water partition coefficient (Wildman–Crippen LogP) is 5.46. The van der Waals surface area contributed by atoms with Crippen molar-refractivity contribution < 1.29 is 4.79 Å². The summed E-state index contributed by atoms with van der Waals surface area (Å²) in [6, 6.07) is 10.9. The molecule has 0 unspecified atom stereocenters. The summed E-state index contributed by atoms with van der Waals surface area (Å²) >= 11 is 12.5. The van der Waals surface area contributed by atoms with Gasteiger partial charge in [-0.1, -0.05) is 23.2 Å². The molecule has 0 radical (unpaired) electrons. The number of allylic oxidation sites excluding steroid dienone is 1. The zero-order valence-corrected chi connectivity index (χ0v) is 17.4. The Morgan fingerprint density at radius 1 is 1.11 bits per heavy atom. The van der Waals surface area contributed by atoms with Crippen LogP contribution in [0.2, 0.25) is 10.0 Å². The summed E-state index contributed by atoms with van der Waals surface area (Å²) in [5, 5.41) is 14.9. The zero-order valence-electron chi connectivity index (χ0n) is 15.9. The number of aryl methyl sites for hydroxylation is 3. The molecule has 0 spiro atoms. The van der Waals surface area contributed by atoms with Crippen molar-refractivity contribution in [2.24, 2.45) is 0 Å². The molecular weight excluding hydrogens is 395 g/mol. The lowest BCUT2D eigenvalue weighted by atomic mass is 10.1. The minimum atomic E-state index is -0.460. The Balaban J connectivity index is 2.09. The summed E-state index contributed by atoms with van der Waals surface area (Å²) in [4.78, 5) is 12.8. The van der Waals surface area contributed by atoms with Crippen LogP contribution in [0.4, 0.5) is 0 Å². The van der Waals surface area contributed by atoms with E-state index in [2.05, 4.69) is 5.10 Å². The molecule has 7 heteroatoms. The SMILES string of the molecule is Cc1cc(C)n(C(=O)/C(C#N)=C/c2cc(C)n(-c3cc(Cl)ccc3Cl)c2C)n1. The van der Waals surface area contributed by atoms with Crippen molar-refractivity contribution in [3.63, 3.8) is 0 Å². The van der Waals surface area contributed by atoms with Gasteiger partial charge in [-0.25, -0.2) is 4.68 Å². The molecule has 0 atom stereocenters. The van der Waals surface area contributed by atoms with E-state index in [1.807, 2.05) is 30.6 Å². The molecule has 0 saturated heterocycles. The molecule has 2 aromatic heterocycles. The molecule has 142 valence electrons. The maximum atomic E-state index is 12.8. The molecule has 1 aromatic carbocycles. The van der Waals surface area contributed by atoms with Gasteiger partial charge >= 0.3 is 0 Å². The first kappa shape index (κ1) is 19.9. The third-order valence-corrected chi connectivity index (χ3v) is 5.03. The van der Waals surface area contributed by atoms with Gasteiger partial charge in [0.15, 0.2) is 0 Å². The average Bonchev–Trinajstić information content (AvgIpc) is 3.12. The van der Waals surface area contributed by atoms with Gasteiger partial charge in [0, 0.05) is 22.1 Å². The Morgan fingerprint density at radius 3 is 2.43 bits per heavy atom. The fourth-order valence-electron chi connectivity index (χ4n) is 3.21. The third kappa shape index (κ3) is 3.62. The molecule has 3 rings (SSSR count). The molecule has 0 amide bonds. The first-order valence-electron chi connectivity index (χ1n) is 8.57. The van der Waals surface area contributed by atoms with Crippen molar-refractivity contribution in [2.45, 2.75) is 27.7 Å². The van der Waals surface area contributed by atoms with Gasteiger partial charge in [-0.2, -0.15) is 10.4 Å². The summed E-state index contributed by atoms with van der Waals surface area (Å²) in [6.07, 6.45) is 1.58. The number of nitriles is 1. The van der Waals surface area contributed by atoms with Crippen molar-refractivity contribution in [3.8, 4) is 11.8 Å². The van der Waals surface area contributed by atoms with Crippen LogP contribution >= 0.6 is 23.2 Å². The van der Waals surface area contributed by atoms with Crippen molar-refractivity contribution in [3.05, 3.63) is 74.3 Å². The Bertz CT molecular complexity index is 1160. The fraction of sp³-hybridized carbons (Fsp3) is 0.190. The van der Waals surface area contributed by atoms with E-state index in [0.717, 1.165) is 28.3 Å². The minimum absolute atomic E-state index is 0.00337. The lowest BCUT2D eigenvalue weighted by molar-refractivity contribution is 0.0943. The number of carbonyl (C=O) groups excluding carboxylic acids is 1. The number of benzene rings is 1. The highest BCUT2D eigenvalue weighted by Gasteiger charge is 2.18. The van der Waals surface area contributed by atoms with Crippen LogP contribution in [0.5, 0.6) is 0 Å². The van der Waals surface area contributed by atoms with Crippen LogP contribution in [-0.2, 0) is 0 Å². The largest absolute Gasteiger partial charge is 0.316 e. The highest BCUT2D eigenvalue weighted by atomic mass is 35.5. The molecule has 0 aliphatic rings. The number of carbonyl (C=O) groups is 1. The topological polar surface area (TPSA) is 63.6 Å². The Morgan fingerprint density at radius 2 is 1.82 bits per heavy atom. The molecule has 0 aliphatic heterocycles. The molecule has 0 bridgehead atoms. The van der Waals surface area contributed by atoms with Crippen molar-refractivity contribution >= 4 is 35.2 Å². The molecule has 0 fully saturated rings. The number of aromatic nitrogens is 3. The van der Waals surface area contributed by atoms with Crippen LogP contribution in [0.3, 0.4) is 0 Å². The van der Waals surface area contributed by atoms with Crippen molar-refractivity contribution in [2.75, 3.05) is 0 Å². The summed E-state index contributed by atoms with van der Waals surface area (Å²) in [7, 11) is 0. The van der Waals surface area contributed by atoms with Gasteiger partial charge in [0.2, 0.25) is 0 Å². The second kappa shape index (κ2) is 7.67. The molecule has 0 saturated carbocycles. The number of hydrogen-bond donors (Lipinski definition) is 0. The van der Waals surface area contributed by atoms with Gasteiger partial charge in [-0.05, 0) is 69.7 Å². The number of hydrogen-bond acceptors (Lipinski definition) is 3. The summed E-state index contributed by atoms with van der Waals surface area (Å²) in [6.45, 7) is 7.41. The highest BCUT2D eigenvalue weighted by molar-refractivity contribution is 6.34. The van der Waals surface area contributed by atoms with Gasteiger partial charge in [-0.3, -0.25) is 4.79 Å². The molecular formula is C21H18Cl2N4O. The van der Waals surface area contributed by atoms with E-state index >= 15 is 0 Å². The molecule has 0 N–H and O–H groups in total. The van der Waals surface area contributed by atoms with E-state index in [4.69, 9.17) is 23.2 Å². The zero-order chi connectivity index (χ0) is 20.6. The molecule has 0 aliphatic carbocycles. The Labute approximate surface area is 173 Å². The first-order valence-corrected chi connectivity index (χ1v) is 9.32.